The van der Waals surface area contributed by atoms with Gasteiger partial charge in [-0.3, -0.25) is 0 Å². The van der Waals surface area contributed by atoms with E-state index in [1.165, 1.54) is 6.08 Å². The molecule has 2 aromatic carbocycles. The van der Waals surface area contributed by atoms with E-state index in [1.807, 2.05) is 48.5 Å². The zero-order chi connectivity index (χ0) is 21.8. The predicted octanol–water partition coefficient (Wildman–Crippen LogP) is 3.92. The third-order valence-electron chi connectivity index (χ3n) is 4.81. The Morgan fingerprint density at radius 1 is 1.26 bits per heavy atom. The van der Waals surface area contributed by atoms with Crippen LogP contribution in [0.1, 0.15) is 24.1 Å². The smallest absolute Gasteiger partial charge is 0.338 e. The number of carbonyl (C=O) groups excluding carboxylic acids is 1. The van der Waals surface area contributed by atoms with E-state index in [0.29, 0.717) is 34.6 Å². The third kappa shape index (κ3) is 4.29. The van der Waals surface area contributed by atoms with E-state index in [1.54, 1.807) is 11.6 Å². The molecule has 1 aliphatic rings. The van der Waals surface area contributed by atoms with E-state index in [4.69, 9.17) is 21.1 Å². The number of anilines is 1. The summed E-state index contributed by atoms with van der Waals surface area (Å²) in [5, 5.41) is 15.5. The van der Waals surface area contributed by atoms with Gasteiger partial charge in [0, 0.05) is 16.3 Å². The average molecular weight is 438 g/mol. The molecule has 0 saturated carbocycles. The Morgan fingerprint density at radius 2 is 2.03 bits per heavy atom. The number of ether oxygens (including phenoxy) is 2. The van der Waals surface area contributed by atoms with Gasteiger partial charge >= 0.3 is 5.97 Å². The Bertz CT molecular complexity index is 1140. The summed E-state index contributed by atoms with van der Waals surface area (Å²) in [5.74, 6) is 0.656. The van der Waals surface area contributed by atoms with Crippen molar-refractivity contribution >= 4 is 23.5 Å². The van der Waals surface area contributed by atoms with Gasteiger partial charge in [0.15, 0.2) is 0 Å². The van der Waals surface area contributed by atoms with Crippen LogP contribution in [0.4, 0.5) is 5.95 Å². The molecule has 9 heteroatoms. The molecule has 1 unspecified atom stereocenters. The molecular formula is C22H20ClN5O3. The molecule has 0 amide bonds. The second-order valence-corrected chi connectivity index (χ2v) is 7.26. The lowest BCUT2D eigenvalue weighted by Crippen LogP contribution is -2.29. The van der Waals surface area contributed by atoms with Crippen LogP contribution in [0.2, 0.25) is 5.02 Å². The van der Waals surface area contributed by atoms with Crippen molar-refractivity contribution in [3.05, 3.63) is 88.6 Å². The van der Waals surface area contributed by atoms with Crippen molar-refractivity contribution in [2.45, 2.75) is 19.6 Å². The first-order chi connectivity index (χ1) is 15.1. The number of tetrazole rings is 1. The fourth-order valence-electron chi connectivity index (χ4n) is 3.32. The van der Waals surface area contributed by atoms with Crippen molar-refractivity contribution < 1.29 is 14.3 Å². The number of halogens is 1. The highest BCUT2D eigenvalue weighted by Crippen LogP contribution is 2.35. The average Bonchev–Trinajstić information content (AvgIpc) is 3.24. The Labute approximate surface area is 184 Å². The van der Waals surface area contributed by atoms with Crippen molar-refractivity contribution in [2.75, 3.05) is 11.9 Å². The molecule has 158 valence electrons. The van der Waals surface area contributed by atoms with Crippen LogP contribution in [0.15, 0.2) is 72.5 Å². The lowest BCUT2D eigenvalue weighted by molar-refractivity contribution is -0.138. The largest absolute Gasteiger partial charge is 0.489 e. The Kier molecular flexibility index (Phi) is 5.99. The molecule has 0 bridgehead atoms. The van der Waals surface area contributed by atoms with Crippen LogP contribution in [0.3, 0.4) is 0 Å². The second-order valence-electron chi connectivity index (χ2n) is 6.85. The molecular weight excluding hydrogens is 418 g/mol. The first-order valence-electron chi connectivity index (χ1n) is 9.58. The fraction of sp³-hybridized carbons (Fsp3) is 0.182. The molecule has 8 nitrogen and oxygen atoms in total. The third-order valence-corrected chi connectivity index (χ3v) is 5.18. The van der Waals surface area contributed by atoms with Crippen molar-refractivity contribution in [1.82, 2.24) is 20.2 Å². The molecule has 1 atom stereocenters. The van der Waals surface area contributed by atoms with Gasteiger partial charge in [-0.25, -0.2) is 4.79 Å². The molecule has 0 spiro atoms. The molecule has 1 aliphatic heterocycles. The topological polar surface area (TPSA) is 91.2 Å². The summed E-state index contributed by atoms with van der Waals surface area (Å²) in [4.78, 5) is 12.8. The lowest BCUT2D eigenvalue weighted by atomic mass is 9.96. The number of nitrogens with one attached hydrogen (secondary N) is 1. The number of nitrogens with zero attached hydrogens (tertiary/aromatic N) is 4. The first-order valence-corrected chi connectivity index (χ1v) is 9.96. The molecule has 2 heterocycles. The Balaban J connectivity index is 1.59. The standard InChI is InChI=1S/C22H20ClN5O3/c1-3-12-30-21(29)19-14(2)24-22-25-26-27-28(22)20(19)15-8-10-17(11-9-15)31-13-16-6-4-5-7-18(16)23/h3-11,20H,1,12-13H2,2H3,(H,24,25,27). The maximum absolute atomic E-state index is 12.8. The SMILES string of the molecule is C=CCOC(=O)C1=C(C)Nc2nnnn2C1c1ccc(OCc2ccccc2Cl)cc1. The molecule has 0 radical (unpaired) electrons. The highest BCUT2D eigenvalue weighted by atomic mass is 35.5. The lowest BCUT2D eigenvalue weighted by Gasteiger charge is -2.27. The van der Waals surface area contributed by atoms with Crippen LogP contribution < -0.4 is 10.1 Å². The highest BCUT2D eigenvalue weighted by molar-refractivity contribution is 6.31. The van der Waals surface area contributed by atoms with Crippen LogP contribution in [0.5, 0.6) is 5.75 Å². The Morgan fingerprint density at radius 3 is 2.77 bits per heavy atom. The zero-order valence-corrected chi connectivity index (χ0v) is 17.5. The predicted molar refractivity (Wildman–Crippen MR) is 116 cm³/mol. The molecule has 1 aromatic heterocycles. The van der Waals surface area contributed by atoms with E-state index in [9.17, 15) is 4.79 Å². The van der Waals surface area contributed by atoms with Gasteiger partial charge in [-0.15, -0.1) is 0 Å². The molecule has 0 saturated heterocycles. The normalized spacial score (nSPS) is 15.1. The minimum absolute atomic E-state index is 0.111. The van der Waals surface area contributed by atoms with E-state index in [2.05, 4.69) is 27.4 Å². The van der Waals surface area contributed by atoms with Gasteiger partial charge in [0.25, 0.3) is 0 Å². The molecule has 31 heavy (non-hydrogen) atoms. The van der Waals surface area contributed by atoms with Gasteiger partial charge in [0.2, 0.25) is 5.95 Å². The van der Waals surface area contributed by atoms with Crippen molar-refractivity contribution in [3.8, 4) is 5.75 Å². The number of hydrogen-bond acceptors (Lipinski definition) is 7. The van der Waals surface area contributed by atoms with E-state index < -0.39 is 12.0 Å². The highest BCUT2D eigenvalue weighted by Gasteiger charge is 2.34. The maximum Gasteiger partial charge on any atom is 0.338 e. The molecule has 3 aromatic rings. The molecule has 1 N–H and O–H groups in total. The number of esters is 1. The number of fused-ring (bicyclic) bond motifs is 1. The summed E-state index contributed by atoms with van der Waals surface area (Å²) in [6.07, 6.45) is 1.52. The van der Waals surface area contributed by atoms with Gasteiger partial charge in [-0.05, 0) is 41.1 Å². The van der Waals surface area contributed by atoms with Crippen molar-refractivity contribution in [1.29, 1.82) is 0 Å². The molecule has 0 fully saturated rings. The van der Waals surface area contributed by atoms with Crippen LogP contribution in [0.25, 0.3) is 0 Å². The summed E-state index contributed by atoms with van der Waals surface area (Å²) >= 11 is 6.19. The number of benzene rings is 2. The monoisotopic (exact) mass is 437 g/mol. The quantitative estimate of drug-likeness (QED) is 0.442. The van der Waals surface area contributed by atoms with Gasteiger partial charge in [-0.2, -0.15) is 4.68 Å². The summed E-state index contributed by atoms with van der Waals surface area (Å²) in [6, 6.07) is 14.4. The van der Waals surface area contributed by atoms with Crippen LogP contribution >= 0.6 is 11.6 Å². The van der Waals surface area contributed by atoms with Gasteiger partial charge in [0.1, 0.15) is 25.0 Å². The maximum atomic E-state index is 12.8. The summed E-state index contributed by atoms with van der Waals surface area (Å²) in [6.45, 7) is 5.84. The Hall–Kier alpha value is -3.65. The zero-order valence-electron chi connectivity index (χ0n) is 16.8. The molecule has 0 aliphatic carbocycles. The van der Waals surface area contributed by atoms with Crippen LogP contribution in [0, 0.1) is 0 Å². The summed E-state index contributed by atoms with van der Waals surface area (Å²) < 4.78 is 12.7. The molecule has 4 rings (SSSR count). The van der Waals surface area contributed by atoms with E-state index in [-0.39, 0.29) is 6.61 Å². The van der Waals surface area contributed by atoms with Crippen molar-refractivity contribution in [3.63, 3.8) is 0 Å². The van der Waals surface area contributed by atoms with Gasteiger partial charge < -0.3 is 14.8 Å². The van der Waals surface area contributed by atoms with Crippen LogP contribution in [-0.4, -0.2) is 32.8 Å². The minimum atomic E-state index is -0.541. The number of aromatic nitrogens is 4. The minimum Gasteiger partial charge on any atom is -0.489 e. The number of rotatable bonds is 7. The number of hydrogen-bond donors (Lipinski definition) is 1. The van der Waals surface area contributed by atoms with E-state index in [0.717, 1.165) is 11.1 Å². The van der Waals surface area contributed by atoms with Crippen LogP contribution in [-0.2, 0) is 16.1 Å². The first kappa shape index (κ1) is 20.6. The van der Waals surface area contributed by atoms with Gasteiger partial charge in [0.05, 0.1) is 5.57 Å². The summed E-state index contributed by atoms with van der Waals surface area (Å²) in [7, 11) is 0. The number of allylic oxidation sites excluding steroid dienone is 1. The van der Waals surface area contributed by atoms with Crippen molar-refractivity contribution in [2.24, 2.45) is 0 Å². The number of carbonyl (C=O) groups is 1. The van der Waals surface area contributed by atoms with E-state index >= 15 is 0 Å². The fourth-order valence-corrected chi connectivity index (χ4v) is 3.51. The van der Waals surface area contributed by atoms with Gasteiger partial charge in [-0.1, -0.05) is 59.7 Å². The second kappa shape index (κ2) is 9.01. The summed E-state index contributed by atoms with van der Waals surface area (Å²) in [5.41, 5.74) is 2.76.